The first-order valence-corrected chi connectivity index (χ1v) is 6.68. The van der Waals surface area contributed by atoms with Gasteiger partial charge in [0.15, 0.2) is 11.6 Å². The molecule has 3 atom stereocenters. The molecule has 0 aromatic heterocycles. The third kappa shape index (κ3) is 3.11. The maximum atomic E-state index is 13.7. The lowest BCUT2D eigenvalue weighted by atomic mass is 9.87. The van der Waals surface area contributed by atoms with Crippen LogP contribution in [-0.2, 0) is 11.2 Å². The van der Waals surface area contributed by atoms with Crippen molar-refractivity contribution in [2.75, 3.05) is 6.61 Å². The van der Waals surface area contributed by atoms with E-state index in [9.17, 15) is 8.78 Å². The van der Waals surface area contributed by atoms with E-state index in [4.69, 9.17) is 10.6 Å². The summed E-state index contributed by atoms with van der Waals surface area (Å²) >= 11 is 0. The van der Waals surface area contributed by atoms with E-state index in [1.54, 1.807) is 6.07 Å². The molecule has 1 aromatic rings. The number of hydrogen-bond donors (Lipinski definition) is 2. The van der Waals surface area contributed by atoms with Crippen LogP contribution in [0.3, 0.4) is 0 Å². The van der Waals surface area contributed by atoms with E-state index in [2.05, 4.69) is 12.3 Å². The van der Waals surface area contributed by atoms with Crippen LogP contribution in [0.2, 0.25) is 0 Å². The molecule has 0 spiro atoms. The van der Waals surface area contributed by atoms with Gasteiger partial charge in [-0.15, -0.1) is 0 Å². The van der Waals surface area contributed by atoms with Crippen LogP contribution in [0.25, 0.3) is 0 Å². The van der Waals surface area contributed by atoms with Crippen LogP contribution in [0.4, 0.5) is 8.78 Å². The average molecular weight is 270 g/mol. The molecule has 1 heterocycles. The highest BCUT2D eigenvalue weighted by Crippen LogP contribution is 2.28. The number of halogens is 2. The van der Waals surface area contributed by atoms with Crippen LogP contribution < -0.4 is 11.3 Å². The normalized spacial score (nSPS) is 24.6. The van der Waals surface area contributed by atoms with Gasteiger partial charge in [0.2, 0.25) is 0 Å². The highest BCUT2D eigenvalue weighted by atomic mass is 19.2. The smallest absolute Gasteiger partial charge is 0.162 e. The lowest BCUT2D eigenvalue weighted by Gasteiger charge is -2.26. The lowest BCUT2D eigenvalue weighted by molar-refractivity contribution is 0.0773. The molecule has 0 amide bonds. The Morgan fingerprint density at radius 2 is 2.26 bits per heavy atom. The first kappa shape index (κ1) is 14.4. The molecule has 1 aliphatic rings. The minimum absolute atomic E-state index is 0.108. The SMILES string of the molecule is CCC1OCCC1C(Cc1cccc(F)c1F)NN. The van der Waals surface area contributed by atoms with E-state index in [0.717, 1.165) is 18.9 Å². The van der Waals surface area contributed by atoms with Gasteiger partial charge in [0.05, 0.1) is 6.10 Å². The second kappa shape index (κ2) is 6.41. The van der Waals surface area contributed by atoms with Gasteiger partial charge >= 0.3 is 0 Å². The summed E-state index contributed by atoms with van der Waals surface area (Å²) in [5, 5.41) is 0. The second-order valence-corrected chi connectivity index (χ2v) is 4.96. The quantitative estimate of drug-likeness (QED) is 0.636. The maximum absolute atomic E-state index is 13.7. The Labute approximate surface area is 112 Å². The first-order chi connectivity index (χ1) is 9.17. The summed E-state index contributed by atoms with van der Waals surface area (Å²) in [5.74, 6) is 4.22. The number of rotatable bonds is 5. The van der Waals surface area contributed by atoms with E-state index in [1.807, 2.05) is 0 Å². The summed E-state index contributed by atoms with van der Waals surface area (Å²) in [7, 11) is 0. The molecule has 1 saturated heterocycles. The van der Waals surface area contributed by atoms with Crippen LogP contribution in [0, 0.1) is 17.6 Å². The summed E-state index contributed by atoms with van der Waals surface area (Å²) in [6, 6.07) is 4.13. The Morgan fingerprint density at radius 3 is 2.95 bits per heavy atom. The van der Waals surface area contributed by atoms with E-state index in [-0.39, 0.29) is 18.1 Å². The Hall–Kier alpha value is -1.04. The second-order valence-electron chi connectivity index (χ2n) is 4.96. The van der Waals surface area contributed by atoms with Crippen LogP contribution in [-0.4, -0.2) is 18.8 Å². The van der Waals surface area contributed by atoms with Crippen molar-refractivity contribution in [3.8, 4) is 0 Å². The minimum atomic E-state index is -0.817. The van der Waals surface area contributed by atoms with Gasteiger partial charge < -0.3 is 4.74 Å². The summed E-state index contributed by atoms with van der Waals surface area (Å²) in [4.78, 5) is 0. The zero-order valence-electron chi connectivity index (χ0n) is 11.0. The monoisotopic (exact) mass is 270 g/mol. The zero-order chi connectivity index (χ0) is 13.8. The van der Waals surface area contributed by atoms with Gasteiger partial charge in [0.25, 0.3) is 0 Å². The molecule has 3 N–H and O–H groups in total. The molecular weight excluding hydrogens is 250 g/mol. The lowest BCUT2D eigenvalue weighted by Crippen LogP contribution is -2.45. The number of hydrogen-bond acceptors (Lipinski definition) is 3. The molecule has 2 rings (SSSR count). The van der Waals surface area contributed by atoms with Crippen molar-refractivity contribution in [2.24, 2.45) is 11.8 Å². The van der Waals surface area contributed by atoms with Crippen molar-refractivity contribution in [1.29, 1.82) is 0 Å². The van der Waals surface area contributed by atoms with Crippen molar-refractivity contribution >= 4 is 0 Å². The summed E-state index contributed by atoms with van der Waals surface area (Å²) < 4.78 is 32.5. The van der Waals surface area contributed by atoms with E-state index in [1.165, 1.54) is 6.07 Å². The number of nitrogens with one attached hydrogen (secondary N) is 1. The average Bonchev–Trinajstić information content (AvgIpc) is 2.88. The third-order valence-corrected chi connectivity index (χ3v) is 3.87. The molecule has 0 aliphatic carbocycles. The number of nitrogens with two attached hydrogens (primary N) is 1. The zero-order valence-corrected chi connectivity index (χ0v) is 11.0. The Balaban J connectivity index is 2.12. The number of hydrazine groups is 1. The number of benzene rings is 1. The third-order valence-electron chi connectivity index (χ3n) is 3.87. The van der Waals surface area contributed by atoms with Gasteiger partial charge in [-0.25, -0.2) is 8.78 Å². The maximum Gasteiger partial charge on any atom is 0.162 e. The largest absolute Gasteiger partial charge is 0.378 e. The fourth-order valence-corrected chi connectivity index (χ4v) is 2.82. The topological polar surface area (TPSA) is 47.3 Å². The highest BCUT2D eigenvalue weighted by Gasteiger charge is 2.33. The van der Waals surface area contributed by atoms with Gasteiger partial charge in [-0.2, -0.15) is 0 Å². The predicted octanol–water partition coefficient (Wildman–Crippen LogP) is 2.15. The molecule has 0 saturated carbocycles. The summed E-state index contributed by atoms with van der Waals surface area (Å²) in [5.41, 5.74) is 3.09. The predicted molar refractivity (Wildman–Crippen MR) is 69.3 cm³/mol. The first-order valence-electron chi connectivity index (χ1n) is 6.68. The molecule has 106 valence electrons. The molecule has 3 nitrogen and oxygen atoms in total. The fourth-order valence-electron chi connectivity index (χ4n) is 2.82. The van der Waals surface area contributed by atoms with Crippen molar-refractivity contribution in [2.45, 2.75) is 38.3 Å². The molecular formula is C14H20F2N2O. The molecule has 0 bridgehead atoms. The Kier molecular flexibility index (Phi) is 4.85. The van der Waals surface area contributed by atoms with Crippen LogP contribution >= 0.6 is 0 Å². The van der Waals surface area contributed by atoms with Gasteiger partial charge in [-0.05, 0) is 30.9 Å². The van der Waals surface area contributed by atoms with E-state index < -0.39 is 11.6 Å². The minimum Gasteiger partial charge on any atom is -0.378 e. The van der Waals surface area contributed by atoms with Crippen LogP contribution in [0.5, 0.6) is 0 Å². The molecule has 3 unspecified atom stereocenters. The van der Waals surface area contributed by atoms with Crippen molar-refractivity contribution in [1.82, 2.24) is 5.43 Å². The van der Waals surface area contributed by atoms with Gasteiger partial charge in [-0.3, -0.25) is 11.3 Å². The van der Waals surface area contributed by atoms with E-state index >= 15 is 0 Å². The van der Waals surface area contributed by atoms with Gasteiger partial charge in [0, 0.05) is 18.6 Å². The van der Waals surface area contributed by atoms with E-state index in [0.29, 0.717) is 18.6 Å². The molecule has 0 radical (unpaired) electrons. The Bertz CT molecular complexity index is 428. The fraction of sp³-hybridized carbons (Fsp3) is 0.571. The van der Waals surface area contributed by atoms with Gasteiger partial charge in [0.1, 0.15) is 0 Å². The molecule has 1 aliphatic heterocycles. The summed E-state index contributed by atoms with van der Waals surface area (Å²) in [6.45, 7) is 2.76. The Morgan fingerprint density at radius 1 is 1.47 bits per heavy atom. The van der Waals surface area contributed by atoms with Crippen LogP contribution in [0.15, 0.2) is 18.2 Å². The van der Waals surface area contributed by atoms with Crippen molar-refractivity contribution in [3.05, 3.63) is 35.4 Å². The molecule has 1 fully saturated rings. The van der Waals surface area contributed by atoms with Gasteiger partial charge in [-0.1, -0.05) is 19.1 Å². The highest BCUT2D eigenvalue weighted by molar-refractivity contribution is 5.20. The molecule has 19 heavy (non-hydrogen) atoms. The van der Waals surface area contributed by atoms with Crippen molar-refractivity contribution in [3.63, 3.8) is 0 Å². The number of ether oxygens (including phenoxy) is 1. The summed E-state index contributed by atoms with van der Waals surface area (Å²) in [6.07, 6.45) is 2.29. The molecule has 1 aromatic carbocycles. The van der Waals surface area contributed by atoms with Crippen molar-refractivity contribution < 1.29 is 13.5 Å². The van der Waals surface area contributed by atoms with Crippen LogP contribution in [0.1, 0.15) is 25.3 Å². The molecule has 5 heteroatoms. The standard InChI is InChI=1S/C14H20F2N2O/c1-2-13-10(6-7-19-13)12(18-17)8-9-4-3-5-11(15)14(9)16/h3-5,10,12-13,18H,2,6-8,17H2,1H3.